The second kappa shape index (κ2) is 21.8. The van der Waals surface area contributed by atoms with Crippen LogP contribution in [-0.2, 0) is 30.5 Å². The van der Waals surface area contributed by atoms with Gasteiger partial charge in [0.15, 0.2) is 0 Å². The number of carboxylic acid groups (broad SMARTS) is 1. The Hall–Kier alpha value is -6.16. The van der Waals surface area contributed by atoms with Crippen LogP contribution in [0.1, 0.15) is 75.0 Å². The van der Waals surface area contributed by atoms with E-state index in [1.54, 1.807) is 38.1 Å². The summed E-state index contributed by atoms with van der Waals surface area (Å²) in [6.45, 7) is 4.08. The van der Waals surface area contributed by atoms with Gasteiger partial charge in [0.2, 0.25) is 5.91 Å². The number of hydrazine groups is 1. The number of ether oxygens (including phenoxy) is 2. The van der Waals surface area contributed by atoms with E-state index in [1.165, 1.54) is 7.05 Å². The molecule has 0 heterocycles. The van der Waals surface area contributed by atoms with Crippen LogP contribution < -0.4 is 37.4 Å². The number of urea groups is 1. The number of carbonyl (C=O) groups is 6. The van der Waals surface area contributed by atoms with Crippen LogP contribution in [0, 0.1) is 5.92 Å². The molecule has 0 aliphatic heterocycles. The molecule has 8 N–H and O–H groups in total. The highest BCUT2D eigenvalue weighted by molar-refractivity contribution is 6.03. The molecule has 0 unspecified atom stereocenters. The van der Waals surface area contributed by atoms with Crippen LogP contribution in [0.2, 0.25) is 0 Å². The van der Waals surface area contributed by atoms with Gasteiger partial charge in [0, 0.05) is 38.2 Å². The topological polar surface area (TPSA) is 231 Å². The zero-order chi connectivity index (χ0) is 41.3. The van der Waals surface area contributed by atoms with Gasteiger partial charge in [-0.3, -0.25) is 19.9 Å². The summed E-state index contributed by atoms with van der Waals surface area (Å²) in [5.74, 6) is -2.73. The normalized spacial score (nSPS) is 12.7. The van der Waals surface area contributed by atoms with Crippen molar-refractivity contribution in [3.8, 4) is 11.1 Å². The first-order valence-electron chi connectivity index (χ1n) is 19.1. The molecular weight excluding hydrogens is 734 g/mol. The third-order valence-electron chi connectivity index (χ3n) is 9.54. The molecule has 3 aromatic carbocycles. The van der Waals surface area contributed by atoms with E-state index >= 15 is 0 Å². The zero-order valence-electron chi connectivity index (χ0n) is 32.5. The second-order valence-electron chi connectivity index (χ2n) is 14.0. The molecule has 3 aromatic rings. The summed E-state index contributed by atoms with van der Waals surface area (Å²) in [6, 6.07) is 19.3. The Kier molecular flexibility index (Phi) is 16.7. The lowest BCUT2D eigenvalue weighted by Crippen LogP contribution is -2.56. The lowest BCUT2D eigenvalue weighted by molar-refractivity contribution is -0.140. The van der Waals surface area contributed by atoms with Crippen LogP contribution in [0.25, 0.3) is 11.1 Å². The van der Waals surface area contributed by atoms with Crippen molar-refractivity contribution in [1.29, 1.82) is 0 Å². The molecule has 1 aliphatic carbocycles. The number of hydrogen-bond donors (Lipinski definition) is 7. The molecule has 16 heteroatoms. The van der Waals surface area contributed by atoms with Crippen LogP contribution in [0.5, 0.6) is 0 Å². The van der Waals surface area contributed by atoms with Crippen molar-refractivity contribution in [3.05, 3.63) is 89.5 Å². The van der Waals surface area contributed by atoms with E-state index in [9.17, 15) is 33.9 Å². The Balaban J connectivity index is 1.30. The first-order chi connectivity index (χ1) is 27.4. The Labute approximate surface area is 332 Å². The number of nitrogens with two attached hydrogens (primary N) is 1. The lowest BCUT2D eigenvalue weighted by atomic mass is 9.98. The number of benzene rings is 3. The molecule has 57 heavy (non-hydrogen) atoms. The van der Waals surface area contributed by atoms with Crippen molar-refractivity contribution in [2.45, 2.75) is 77.0 Å². The van der Waals surface area contributed by atoms with Gasteiger partial charge in [-0.05, 0) is 71.6 Å². The van der Waals surface area contributed by atoms with Crippen LogP contribution in [-0.4, -0.2) is 79.9 Å². The zero-order valence-corrected chi connectivity index (χ0v) is 32.5. The summed E-state index contributed by atoms with van der Waals surface area (Å²) in [4.78, 5) is 76.6. The van der Waals surface area contributed by atoms with E-state index in [-0.39, 0.29) is 56.5 Å². The fourth-order valence-electron chi connectivity index (χ4n) is 6.71. The third kappa shape index (κ3) is 12.7. The summed E-state index contributed by atoms with van der Waals surface area (Å²) in [6.07, 6.45) is 0.778. The number of carboxylic acids is 1. The smallest absolute Gasteiger partial charge is 0.421 e. The molecule has 0 aromatic heterocycles. The monoisotopic (exact) mass is 787 g/mol. The minimum Gasteiger partial charge on any atom is -0.480 e. The number of unbranched alkanes of at least 4 members (excludes halogenated alkanes) is 2. The number of primary amides is 1. The molecule has 0 saturated carbocycles. The van der Waals surface area contributed by atoms with E-state index in [0.717, 1.165) is 27.2 Å². The van der Waals surface area contributed by atoms with Crippen LogP contribution in [0.15, 0.2) is 72.8 Å². The molecule has 0 saturated heterocycles. The van der Waals surface area contributed by atoms with Gasteiger partial charge in [0.1, 0.15) is 25.3 Å². The SMILES string of the molecule is CNNC(=O)OCc1ccc(N(C(=O)[C@@H](NC(=O)CCCCCNC(=O)OCC2c3ccccc3-c3ccccc32)C(C)C)[C@@H](CCCNC(N)=O)C(=O)O)cc1. The van der Waals surface area contributed by atoms with Crippen molar-refractivity contribution < 1.29 is 43.3 Å². The number of alkyl carbamates (subject to hydrolysis) is 1. The summed E-state index contributed by atoms with van der Waals surface area (Å²) in [5, 5.41) is 18.3. The van der Waals surface area contributed by atoms with Crippen molar-refractivity contribution in [3.63, 3.8) is 0 Å². The first kappa shape index (κ1) is 43.6. The summed E-state index contributed by atoms with van der Waals surface area (Å²) >= 11 is 0. The standard InChI is InChI=1S/C41H53N7O9/c1-26(2)36(37(50)48(34(38(51)52)16-11-23-44-39(42)53)28-20-18-27(19-21-28)24-56-41(55)47-43-3)46-35(49)17-5-4-10-22-45-40(54)57-25-33-31-14-8-6-12-29(31)30-13-7-9-15-32(30)33/h6-9,12-15,18-21,26,33-34,36,43H,4-5,10-11,16-17,22-25H2,1-3H3,(H,45,54)(H,46,49)(H,47,55)(H,51,52)(H3,42,44,53)/t34-,36-/m0/s1. The Morgan fingerprint density at radius 1 is 0.789 bits per heavy atom. The van der Waals surface area contributed by atoms with Gasteiger partial charge in [-0.15, -0.1) is 0 Å². The third-order valence-corrected chi connectivity index (χ3v) is 9.54. The fourth-order valence-corrected chi connectivity index (χ4v) is 6.71. The number of aliphatic carboxylic acids is 1. The molecule has 6 amide bonds. The van der Waals surface area contributed by atoms with Crippen LogP contribution in [0.3, 0.4) is 0 Å². The van der Waals surface area contributed by atoms with Crippen molar-refractivity contribution in [2.24, 2.45) is 11.7 Å². The van der Waals surface area contributed by atoms with E-state index in [1.807, 2.05) is 24.3 Å². The van der Waals surface area contributed by atoms with Crippen molar-refractivity contribution in [2.75, 3.05) is 31.6 Å². The van der Waals surface area contributed by atoms with Crippen LogP contribution >= 0.6 is 0 Å². The molecule has 306 valence electrons. The Morgan fingerprint density at radius 2 is 1.42 bits per heavy atom. The molecule has 4 rings (SSSR count). The molecule has 0 spiro atoms. The quantitative estimate of drug-likeness (QED) is 0.0590. The van der Waals surface area contributed by atoms with Gasteiger partial charge in [0.05, 0.1) is 0 Å². The number of fused-ring (bicyclic) bond motifs is 3. The van der Waals surface area contributed by atoms with Crippen molar-refractivity contribution in [1.82, 2.24) is 26.8 Å². The first-order valence-corrected chi connectivity index (χ1v) is 19.1. The van der Waals surface area contributed by atoms with E-state index in [4.69, 9.17) is 15.2 Å². The lowest BCUT2D eigenvalue weighted by Gasteiger charge is -2.34. The number of amides is 6. The number of nitrogens with one attached hydrogen (secondary N) is 5. The minimum atomic E-state index is -1.35. The van der Waals surface area contributed by atoms with Gasteiger partial charge in [-0.1, -0.05) is 80.9 Å². The number of nitrogens with zero attached hydrogens (tertiary/aromatic N) is 1. The minimum absolute atomic E-state index is 0.0285. The highest BCUT2D eigenvalue weighted by atomic mass is 16.6. The van der Waals surface area contributed by atoms with Crippen LogP contribution in [0.4, 0.5) is 20.1 Å². The predicted molar refractivity (Wildman–Crippen MR) is 213 cm³/mol. The van der Waals surface area contributed by atoms with Gasteiger partial charge < -0.3 is 36.3 Å². The Bertz CT molecular complexity index is 1810. The Morgan fingerprint density at radius 3 is 2.02 bits per heavy atom. The molecule has 0 radical (unpaired) electrons. The highest BCUT2D eigenvalue weighted by Gasteiger charge is 2.37. The number of carbonyl (C=O) groups excluding carboxylic acids is 5. The largest absolute Gasteiger partial charge is 0.480 e. The number of rotatable bonds is 21. The van der Waals surface area contributed by atoms with E-state index in [2.05, 4.69) is 51.1 Å². The molecule has 0 bridgehead atoms. The average Bonchev–Trinajstić information content (AvgIpc) is 3.51. The molecule has 0 fully saturated rings. The van der Waals surface area contributed by atoms with Gasteiger partial charge in [0.25, 0.3) is 5.91 Å². The molecule has 2 atom stereocenters. The number of anilines is 1. The van der Waals surface area contributed by atoms with E-state index in [0.29, 0.717) is 31.4 Å². The molecular formula is C41H53N7O9. The summed E-state index contributed by atoms with van der Waals surface area (Å²) in [7, 11) is 1.51. The van der Waals surface area contributed by atoms with E-state index < -0.39 is 48.1 Å². The van der Waals surface area contributed by atoms with Gasteiger partial charge in [-0.2, -0.15) is 0 Å². The number of hydrogen-bond acceptors (Lipinski definition) is 9. The molecule has 16 nitrogen and oxygen atoms in total. The fraction of sp³-hybridized carbons (Fsp3) is 0.415. The summed E-state index contributed by atoms with van der Waals surface area (Å²) < 4.78 is 10.7. The maximum Gasteiger partial charge on any atom is 0.421 e. The van der Waals surface area contributed by atoms with Gasteiger partial charge >= 0.3 is 24.2 Å². The van der Waals surface area contributed by atoms with Gasteiger partial charge in [-0.25, -0.2) is 24.6 Å². The maximum atomic E-state index is 14.2. The second-order valence-corrected chi connectivity index (χ2v) is 14.0. The predicted octanol–water partition coefficient (Wildman–Crippen LogP) is 4.52. The average molecular weight is 788 g/mol. The highest BCUT2D eigenvalue weighted by Crippen LogP contribution is 2.44. The van der Waals surface area contributed by atoms with Crippen molar-refractivity contribution >= 4 is 41.7 Å². The maximum absolute atomic E-state index is 14.2. The molecule has 1 aliphatic rings. The summed E-state index contributed by atoms with van der Waals surface area (Å²) in [5.41, 5.74) is 15.3.